The van der Waals surface area contributed by atoms with Crippen LogP contribution in [0.5, 0.6) is 0 Å². The number of thioether (sulfide) groups is 1. The number of alkyl halides is 3. The number of nitrogens with one attached hydrogen (secondary N) is 2. The zero-order chi connectivity index (χ0) is 15.2. The standard InChI is InChI=1S/C11H17F3N2O3S/c12-11(13,14)20-6-5-15-10(19)16-8-3-1-7(2-4-8)9(17)18/h7-8H,1-6H2,(H,17,18)(H2,15,16,19). The molecule has 0 aliphatic heterocycles. The Morgan fingerprint density at radius 3 is 2.30 bits per heavy atom. The van der Waals surface area contributed by atoms with Crippen LogP contribution < -0.4 is 10.6 Å². The Morgan fingerprint density at radius 1 is 1.20 bits per heavy atom. The molecular weight excluding hydrogens is 297 g/mol. The highest BCUT2D eigenvalue weighted by Crippen LogP contribution is 2.29. The monoisotopic (exact) mass is 314 g/mol. The van der Waals surface area contributed by atoms with Gasteiger partial charge in [-0.3, -0.25) is 4.79 Å². The Hall–Kier alpha value is -1.12. The third-order valence-corrected chi connectivity index (χ3v) is 3.80. The van der Waals surface area contributed by atoms with Gasteiger partial charge in [-0.15, -0.1) is 0 Å². The van der Waals surface area contributed by atoms with Crippen molar-refractivity contribution in [1.29, 1.82) is 0 Å². The molecule has 0 radical (unpaired) electrons. The smallest absolute Gasteiger partial charge is 0.441 e. The molecule has 3 N–H and O–H groups in total. The number of amides is 2. The second-order valence-electron chi connectivity index (χ2n) is 4.58. The van der Waals surface area contributed by atoms with Crippen LogP contribution in [0, 0.1) is 5.92 Å². The van der Waals surface area contributed by atoms with Crippen LogP contribution in [-0.2, 0) is 4.79 Å². The van der Waals surface area contributed by atoms with E-state index >= 15 is 0 Å². The highest BCUT2D eigenvalue weighted by Gasteiger charge is 2.28. The Labute approximate surface area is 118 Å². The van der Waals surface area contributed by atoms with Gasteiger partial charge in [0, 0.05) is 18.3 Å². The van der Waals surface area contributed by atoms with Crippen molar-refractivity contribution < 1.29 is 27.9 Å². The van der Waals surface area contributed by atoms with Gasteiger partial charge in [-0.05, 0) is 37.4 Å². The Kier molecular flexibility index (Phi) is 6.44. The van der Waals surface area contributed by atoms with E-state index in [1.165, 1.54) is 0 Å². The van der Waals surface area contributed by atoms with E-state index in [4.69, 9.17) is 5.11 Å². The zero-order valence-corrected chi connectivity index (χ0v) is 11.5. The number of carboxylic acid groups (broad SMARTS) is 1. The predicted octanol–water partition coefficient (Wildman–Crippen LogP) is 2.18. The molecule has 0 spiro atoms. The van der Waals surface area contributed by atoms with Gasteiger partial charge < -0.3 is 15.7 Å². The molecule has 1 saturated carbocycles. The topological polar surface area (TPSA) is 78.4 Å². The van der Waals surface area contributed by atoms with Gasteiger partial charge in [-0.25, -0.2) is 4.79 Å². The average molecular weight is 314 g/mol. The maximum Gasteiger partial charge on any atom is 0.441 e. The molecule has 1 rings (SSSR count). The number of halogens is 3. The van der Waals surface area contributed by atoms with Crippen molar-refractivity contribution in [3.63, 3.8) is 0 Å². The van der Waals surface area contributed by atoms with Crippen molar-refractivity contribution >= 4 is 23.8 Å². The fourth-order valence-electron chi connectivity index (χ4n) is 2.05. The van der Waals surface area contributed by atoms with Gasteiger partial charge >= 0.3 is 17.5 Å². The van der Waals surface area contributed by atoms with Gasteiger partial charge in [0.25, 0.3) is 0 Å². The fourth-order valence-corrected chi connectivity index (χ4v) is 2.49. The van der Waals surface area contributed by atoms with Gasteiger partial charge in [0.1, 0.15) is 0 Å². The van der Waals surface area contributed by atoms with Gasteiger partial charge in [-0.2, -0.15) is 13.2 Å². The molecule has 0 unspecified atom stereocenters. The molecule has 0 saturated heterocycles. The van der Waals surface area contributed by atoms with Crippen LogP contribution in [0.3, 0.4) is 0 Å². The quantitative estimate of drug-likeness (QED) is 0.680. The maximum atomic E-state index is 11.8. The largest absolute Gasteiger partial charge is 0.481 e. The highest BCUT2D eigenvalue weighted by atomic mass is 32.2. The summed E-state index contributed by atoms with van der Waals surface area (Å²) in [6.45, 7) is -0.0690. The second kappa shape index (κ2) is 7.61. The van der Waals surface area contributed by atoms with Crippen LogP contribution in [0.4, 0.5) is 18.0 Å². The van der Waals surface area contributed by atoms with Crippen LogP contribution in [0.2, 0.25) is 0 Å². The van der Waals surface area contributed by atoms with E-state index in [1.54, 1.807) is 0 Å². The first-order chi connectivity index (χ1) is 9.28. The minimum absolute atomic E-state index is 0.0690. The van der Waals surface area contributed by atoms with Gasteiger partial charge in [0.05, 0.1) is 5.92 Å². The maximum absolute atomic E-state index is 11.8. The molecule has 20 heavy (non-hydrogen) atoms. The summed E-state index contributed by atoms with van der Waals surface area (Å²) in [6.07, 6.45) is 2.15. The molecule has 1 aliphatic carbocycles. The normalized spacial score (nSPS) is 23.1. The van der Waals surface area contributed by atoms with E-state index in [-0.39, 0.29) is 36.0 Å². The third-order valence-electron chi connectivity index (χ3n) is 3.06. The first-order valence-electron chi connectivity index (χ1n) is 6.26. The van der Waals surface area contributed by atoms with E-state index < -0.39 is 17.5 Å². The number of hydrogen-bond donors (Lipinski definition) is 3. The predicted molar refractivity (Wildman–Crippen MR) is 68.4 cm³/mol. The Morgan fingerprint density at radius 2 is 1.80 bits per heavy atom. The molecule has 0 bridgehead atoms. The van der Waals surface area contributed by atoms with Crippen molar-refractivity contribution in [1.82, 2.24) is 10.6 Å². The van der Waals surface area contributed by atoms with Gasteiger partial charge in [0.15, 0.2) is 0 Å². The molecule has 116 valence electrons. The average Bonchev–Trinajstić information content (AvgIpc) is 2.34. The number of carbonyl (C=O) groups is 2. The molecule has 0 atom stereocenters. The van der Waals surface area contributed by atoms with E-state index in [9.17, 15) is 22.8 Å². The third kappa shape index (κ3) is 6.88. The van der Waals surface area contributed by atoms with E-state index in [0.29, 0.717) is 25.7 Å². The summed E-state index contributed by atoms with van der Waals surface area (Å²) in [5, 5.41) is 13.8. The first-order valence-corrected chi connectivity index (χ1v) is 7.24. The summed E-state index contributed by atoms with van der Waals surface area (Å²) in [5.41, 5.74) is -4.28. The van der Waals surface area contributed by atoms with Gasteiger partial charge in [0.2, 0.25) is 0 Å². The molecule has 5 nitrogen and oxygen atoms in total. The van der Waals surface area contributed by atoms with Crippen LogP contribution in [0.1, 0.15) is 25.7 Å². The molecular formula is C11H17F3N2O3S. The molecule has 0 aromatic heterocycles. The number of urea groups is 1. The van der Waals surface area contributed by atoms with Crippen LogP contribution in [0.25, 0.3) is 0 Å². The molecule has 0 aromatic rings. The van der Waals surface area contributed by atoms with Crippen molar-refractivity contribution in [2.24, 2.45) is 5.92 Å². The molecule has 1 fully saturated rings. The minimum atomic E-state index is -4.28. The summed E-state index contributed by atoms with van der Waals surface area (Å²) >= 11 is -0.183. The number of carboxylic acids is 1. The van der Waals surface area contributed by atoms with Gasteiger partial charge in [-0.1, -0.05) is 0 Å². The lowest BCUT2D eigenvalue weighted by Gasteiger charge is -2.26. The summed E-state index contributed by atoms with van der Waals surface area (Å²) < 4.78 is 35.5. The zero-order valence-electron chi connectivity index (χ0n) is 10.7. The Balaban J connectivity index is 2.13. The van der Waals surface area contributed by atoms with Crippen LogP contribution >= 0.6 is 11.8 Å². The number of aliphatic carboxylic acids is 1. The Bertz CT molecular complexity index is 344. The first kappa shape index (κ1) is 16.9. The summed E-state index contributed by atoms with van der Waals surface area (Å²) in [5.74, 6) is -1.42. The minimum Gasteiger partial charge on any atom is -0.481 e. The SMILES string of the molecule is O=C(NCCSC(F)(F)F)NC1CCC(C(=O)O)CC1. The lowest BCUT2D eigenvalue weighted by Crippen LogP contribution is -2.44. The molecule has 0 heterocycles. The molecule has 9 heteroatoms. The second-order valence-corrected chi connectivity index (χ2v) is 5.74. The van der Waals surface area contributed by atoms with Crippen molar-refractivity contribution in [3.05, 3.63) is 0 Å². The lowest BCUT2D eigenvalue weighted by atomic mass is 9.86. The van der Waals surface area contributed by atoms with Crippen molar-refractivity contribution in [3.8, 4) is 0 Å². The number of carbonyl (C=O) groups excluding carboxylic acids is 1. The summed E-state index contributed by atoms with van der Waals surface area (Å²) in [4.78, 5) is 22.2. The van der Waals surface area contributed by atoms with Crippen molar-refractivity contribution in [2.45, 2.75) is 37.2 Å². The molecule has 2 amide bonds. The number of rotatable bonds is 5. The summed E-state index contributed by atoms with van der Waals surface area (Å²) in [6, 6.07) is -0.618. The van der Waals surface area contributed by atoms with Crippen molar-refractivity contribution in [2.75, 3.05) is 12.3 Å². The van der Waals surface area contributed by atoms with Crippen LogP contribution in [0.15, 0.2) is 0 Å². The number of hydrogen-bond acceptors (Lipinski definition) is 3. The highest BCUT2D eigenvalue weighted by molar-refractivity contribution is 8.00. The van der Waals surface area contributed by atoms with E-state index in [1.807, 2.05) is 0 Å². The summed E-state index contributed by atoms with van der Waals surface area (Å²) in [7, 11) is 0. The van der Waals surface area contributed by atoms with E-state index in [0.717, 1.165) is 0 Å². The lowest BCUT2D eigenvalue weighted by molar-refractivity contribution is -0.142. The fraction of sp³-hybridized carbons (Fsp3) is 0.818. The van der Waals surface area contributed by atoms with Crippen LogP contribution in [-0.4, -0.2) is 41.0 Å². The molecule has 0 aromatic carbocycles. The molecule has 1 aliphatic rings. The van der Waals surface area contributed by atoms with E-state index in [2.05, 4.69) is 10.6 Å².